The number of aryl methyl sites for hydroxylation is 1. The van der Waals surface area contributed by atoms with E-state index in [-0.39, 0.29) is 6.10 Å². The monoisotopic (exact) mass is 385 g/mol. The van der Waals surface area contributed by atoms with E-state index in [9.17, 15) is 9.59 Å². The minimum Gasteiger partial charge on any atom is -0.466 e. The number of carbonyl (C=O) groups is 2. The van der Waals surface area contributed by atoms with E-state index in [1.165, 1.54) is 19.8 Å². The van der Waals surface area contributed by atoms with Gasteiger partial charge in [0.05, 0.1) is 37.4 Å². The lowest BCUT2D eigenvalue weighted by Gasteiger charge is -2.31. The highest BCUT2D eigenvalue weighted by Gasteiger charge is 2.35. The second kappa shape index (κ2) is 9.06. The van der Waals surface area contributed by atoms with Gasteiger partial charge in [-0.1, -0.05) is 31.2 Å². The van der Waals surface area contributed by atoms with Crippen LogP contribution in [-0.4, -0.2) is 50.3 Å². The number of nitrogens with zero attached hydrogens (tertiary/aromatic N) is 1. The Labute approximate surface area is 165 Å². The molecule has 1 saturated heterocycles. The highest BCUT2D eigenvalue weighted by Crippen LogP contribution is 2.37. The van der Waals surface area contributed by atoms with E-state index in [2.05, 4.69) is 6.92 Å². The van der Waals surface area contributed by atoms with E-state index in [1.807, 2.05) is 29.2 Å². The Morgan fingerprint density at radius 1 is 1.07 bits per heavy atom. The van der Waals surface area contributed by atoms with Crippen LogP contribution in [0.4, 0.5) is 0 Å². The van der Waals surface area contributed by atoms with Gasteiger partial charge in [0.15, 0.2) is 0 Å². The standard InChI is InChI=1S/C22H27NO5/c1-4-15-7-9-16(10-8-15)20-18(21(24)26-2)13-23(12-17-6-5-11-28-17)14-19(20)22(25)27-3/h7-10,13-14,17,20H,4-6,11-12H2,1-3H3/t17-/m0/s1. The Hall–Kier alpha value is -2.60. The Kier molecular flexibility index (Phi) is 6.52. The SMILES string of the molecule is CCc1ccc(C2C(C(=O)OC)=CN(C[C@@H]3CCCO3)C=C2C(=O)OC)cc1. The highest BCUT2D eigenvalue weighted by atomic mass is 16.5. The summed E-state index contributed by atoms with van der Waals surface area (Å²) < 4.78 is 15.7. The quantitative estimate of drug-likeness (QED) is 0.702. The van der Waals surface area contributed by atoms with Gasteiger partial charge in [0.2, 0.25) is 0 Å². The summed E-state index contributed by atoms with van der Waals surface area (Å²) >= 11 is 0. The van der Waals surface area contributed by atoms with Crippen molar-refractivity contribution in [2.24, 2.45) is 0 Å². The number of esters is 2. The maximum atomic E-state index is 12.6. The lowest BCUT2D eigenvalue weighted by atomic mass is 9.83. The van der Waals surface area contributed by atoms with Crippen molar-refractivity contribution in [2.45, 2.75) is 38.2 Å². The van der Waals surface area contributed by atoms with Gasteiger partial charge in [-0.15, -0.1) is 0 Å². The van der Waals surface area contributed by atoms with Crippen LogP contribution in [0.1, 0.15) is 36.8 Å². The van der Waals surface area contributed by atoms with E-state index < -0.39 is 17.9 Å². The number of hydrogen-bond donors (Lipinski definition) is 0. The molecule has 1 aromatic rings. The summed E-state index contributed by atoms with van der Waals surface area (Å²) in [6.45, 7) is 3.40. The van der Waals surface area contributed by atoms with E-state index in [4.69, 9.17) is 14.2 Å². The van der Waals surface area contributed by atoms with Crippen LogP contribution in [0.5, 0.6) is 0 Å². The van der Waals surface area contributed by atoms with Crippen molar-refractivity contribution in [3.63, 3.8) is 0 Å². The van der Waals surface area contributed by atoms with Crippen LogP contribution in [0.3, 0.4) is 0 Å². The number of benzene rings is 1. The fraction of sp³-hybridized carbons (Fsp3) is 0.455. The van der Waals surface area contributed by atoms with Gasteiger partial charge in [0.25, 0.3) is 0 Å². The molecule has 0 aliphatic carbocycles. The highest BCUT2D eigenvalue weighted by molar-refractivity contribution is 5.98. The zero-order chi connectivity index (χ0) is 20.1. The van der Waals surface area contributed by atoms with Crippen molar-refractivity contribution in [3.8, 4) is 0 Å². The maximum Gasteiger partial charge on any atom is 0.336 e. The summed E-state index contributed by atoms with van der Waals surface area (Å²) in [7, 11) is 2.70. The molecule has 0 spiro atoms. The fourth-order valence-electron chi connectivity index (χ4n) is 3.72. The molecule has 1 aromatic carbocycles. The minimum atomic E-state index is -0.536. The molecule has 1 atom stereocenters. The van der Waals surface area contributed by atoms with Crippen molar-refractivity contribution >= 4 is 11.9 Å². The van der Waals surface area contributed by atoms with E-state index in [0.29, 0.717) is 17.7 Å². The summed E-state index contributed by atoms with van der Waals surface area (Å²) in [5.41, 5.74) is 2.86. The number of methoxy groups -OCH3 is 2. The van der Waals surface area contributed by atoms with Crippen LogP contribution < -0.4 is 0 Å². The molecule has 0 amide bonds. The van der Waals surface area contributed by atoms with Gasteiger partial charge in [-0.05, 0) is 30.4 Å². The van der Waals surface area contributed by atoms with Crippen molar-refractivity contribution in [1.29, 1.82) is 0 Å². The molecule has 0 radical (unpaired) electrons. The largest absolute Gasteiger partial charge is 0.466 e. The zero-order valence-electron chi connectivity index (χ0n) is 16.6. The van der Waals surface area contributed by atoms with Crippen LogP contribution in [0.15, 0.2) is 47.8 Å². The lowest BCUT2D eigenvalue weighted by Crippen LogP contribution is -2.32. The molecule has 3 rings (SSSR count). The van der Waals surface area contributed by atoms with Crippen LogP contribution in [0, 0.1) is 0 Å². The second-order valence-electron chi connectivity index (χ2n) is 7.01. The second-order valence-corrected chi connectivity index (χ2v) is 7.01. The van der Waals surface area contributed by atoms with Gasteiger partial charge in [0.1, 0.15) is 0 Å². The zero-order valence-corrected chi connectivity index (χ0v) is 16.6. The van der Waals surface area contributed by atoms with Gasteiger partial charge in [0, 0.05) is 25.6 Å². The average Bonchev–Trinajstić information content (AvgIpc) is 3.25. The van der Waals surface area contributed by atoms with Crippen LogP contribution in [0.2, 0.25) is 0 Å². The Bertz CT molecular complexity index is 741. The van der Waals surface area contributed by atoms with Crippen molar-refractivity contribution in [1.82, 2.24) is 4.90 Å². The topological polar surface area (TPSA) is 65.1 Å². The number of carbonyl (C=O) groups excluding carboxylic acids is 2. The van der Waals surface area contributed by atoms with E-state index >= 15 is 0 Å². The van der Waals surface area contributed by atoms with Gasteiger partial charge < -0.3 is 19.1 Å². The van der Waals surface area contributed by atoms with Gasteiger partial charge >= 0.3 is 11.9 Å². The van der Waals surface area contributed by atoms with Crippen LogP contribution in [0.25, 0.3) is 0 Å². The molecule has 6 heteroatoms. The first-order valence-electron chi connectivity index (χ1n) is 9.63. The minimum absolute atomic E-state index is 0.0747. The molecular formula is C22H27NO5. The molecule has 0 bridgehead atoms. The Morgan fingerprint density at radius 2 is 1.68 bits per heavy atom. The molecule has 150 valence electrons. The number of rotatable bonds is 6. The molecule has 2 heterocycles. The van der Waals surface area contributed by atoms with Crippen LogP contribution in [-0.2, 0) is 30.2 Å². The lowest BCUT2D eigenvalue weighted by molar-refractivity contribution is -0.137. The molecular weight excluding hydrogens is 358 g/mol. The van der Waals surface area contributed by atoms with Gasteiger partial charge in [-0.2, -0.15) is 0 Å². The van der Waals surface area contributed by atoms with Gasteiger partial charge in [-0.25, -0.2) is 9.59 Å². The summed E-state index contributed by atoms with van der Waals surface area (Å²) in [6, 6.07) is 7.93. The molecule has 0 saturated carbocycles. The molecule has 0 N–H and O–H groups in total. The van der Waals surface area contributed by atoms with E-state index in [0.717, 1.165) is 31.4 Å². The molecule has 0 aromatic heterocycles. The first-order chi connectivity index (χ1) is 13.6. The number of ether oxygens (including phenoxy) is 3. The Balaban J connectivity index is 2.00. The maximum absolute atomic E-state index is 12.6. The summed E-state index contributed by atoms with van der Waals surface area (Å²) in [5.74, 6) is -1.46. The average molecular weight is 385 g/mol. The number of hydrogen-bond acceptors (Lipinski definition) is 6. The molecule has 2 aliphatic rings. The van der Waals surface area contributed by atoms with Crippen molar-refractivity contribution in [3.05, 3.63) is 58.9 Å². The first kappa shape index (κ1) is 20.1. The predicted molar refractivity (Wildman–Crippen MR) is 104 cm³/mol. The Morgan fingerprint density at radius 3 is 2.14 bits per heavy atom. The third-order valence-corrected chi connectivity index (χ3v) is 5.23. The third-order valence-electron chi connectivity index (χ3n) is 5.23. The first-order valence-corrected chi connectivity index (χ1v) is 9.63. The molecule has 28 heavy (non-hydrogen) atoms. The van der Waals surface area contributed by atoms with E-state index in [1.54, 1.807) is 12.4 Å². The normalized spacial score (nSPS) is 19.8. The van der Waals surface area contributed by atoms with Crippen molar-refractivity contribution in [2.75, 3.05) is 27.4 Å². The predicted octanol–water partition coefficient (Wildman–Crippen LogP) is 2.94. The van der Waals surface area contributed by atoms with Crippen molar-refractivity contribution < 1.29 is 23.8 Å². The van der Waals surface area contributed by atoms with Crippen LogP contribution >= 0.6 is 0 Å². The third kappa shape index (κ3) is 4.28. The van der Waals surface area contributed by atoms with Gasteiger partial charge in [-0.3, -0.25) is 0 Å². The molecule has 6 nitrogen and oxygen atoms in total. The molecule has 2 aliphatic heterocycles. The summed E-state index contributed by atoms with van der Waals surface area (Å²) in [5, 5.41) is 0. The smallest absolute Gasteiger partial charge is 0.336 e. The summed E-state index contributed by atoms with van der Waals surface area (Å²) in [6.07, 6.45) is 6.49. The molecule has 1 fully saturated rings. The summed E-state index contributed by atoms with van der Waals surface area (Å²) in [4.78, 5) is 27.0. The fourth-order valence-corrected chi connectivity index (χ4v) is 3.72. The molecule has 0 unspecified atom stereocenters.